The number of carbonyl (C=O) groups is 1. The highest BCUT2D eigenvalue weighted by Gasteiger charge is 2.31. The zero-order valence-electron chi connectivity index (χ0n) is 22.0. The monoisotopic (exact) mass is 557 g/mol. The van der Waals surface area contributed by atoms with Crippen molar-refractivity contribution in [2.75, 3.05) is 5.32 Å². The predicted octanol–water partition coefficient (Wildman–Crippen LogP) is 7.49. The van der Waals surface area contributed by atoms with E-state index in [1.54, 1.807) is 67.9 Å². The molecule has 5 rings (SSSR count). The summed E-state index contributed by atoms with van der Waals surface area (Å²) in [5, 5.41) is 3.33. The summed E-state index contributed by atoms with van der Waals surface area (Å²) in [6, 6.07) is 18.7. The molecule has 41 heavy (non-hydrogen) atoms. The van der Waals surface area contributed by atoms with Crippen LogP contribution in [0.3, 0.4) is 0 Å². The molecule has 2 aromatic heterocycles. The molecule has 0 aliphatic heterocycles. The first-order valence-corrected chi connectivity index (χ1v) is 12.5. The maximum atomic E-state index is 13.4. The molecule has 0 unspecified atom stereocenters. The Kier molecular flexibility index (Phi) is 7.28. The van der Waals surface area contributed by atoms with E-state index < -0.39 is 17.6 Å². The van der Waals surface area contributed by atoms with E-state index in [1.807, 2.05) is 6.92 Å². The lowest BCUT2D eigenvalue weighted by Crippen LogP contribution is -2.19. The zero-order chi connectivity index (χ0) is 29.3. The van der Waals surface area contributed by atoms with Crippen molar-refractivity contribution in [1.29, 1.82) is 0 Å². The Balaban J connectivity index is 1.46. The number of aryl methyl sites for hydroxylation is 2. The summed E-state index contributed by atoms with van der Waals surface area (Å²) in [5.74, 6) is -1.03. The van der Waals surface area contributed by atoms with E-state index in [9.17, 15) is 27.2 Å². The first-order valence-electron chi connectivity index (χ1n) is 12.5. The highest BCUT2D eigenvalue weighted by molar-refractivity contribution is 6.04. The molecule has 0 saturated carbocycles. The minimum absolute atomic E-state index is 0.140. The van der Waals surface area contributed by atoms with Gasteiger partial charge in [0.15, 0.2) is 0 Å². The van der Waals surface area contributed by atoms with Gasteiger partial charge < -0.3 is 9.88 Å². The van der Waals surface area contributed by atoms with Crippen LogP contribution in [0.5, 0.6) is 0 Å². The number of nitrogens with one attached hydrogen (secondary N) is 1. The molecule has 1 amide bonds. The molecule has 0 spiro atoms. The molecule has 0 atom stereocenters. The van der Waals surface area contributed by atoms with E-state index in [2.05, 4.69) is 10.3 Å². The number of hydrogen-bond donors (Lipinski definition) is 1. The van der Waals surface area contributed by atoms with Crippen LogP contribution in [0.4, 0.5) is 23.2 Å². The first-order chi connectivity index (χ1) is 19.5. The van der Waals surface area contributed by atoms with Crippen LogP contribution in [0.25, 0.3) is 34.2 Å². The average Bonchev–Trinajstić information content (AvgIpc) is 2.95. The van der Waals surface area contributed by atoms with Gasteiger partial charge in [0.2, 0.25) is 0 Å². The second-order valence-electron chi connectivity index (χ2n) is 9.54. The summed E-state index contributed by atoms with van der Waals surface area (Å²) in [4.78, 5) is 30.6. The van der Waals surface area contributed by atoms with Crippen molar-refractivity contribution < 1.29 is 22.4 Å². The maximum Gasteiger partial charge on any atom is 0.416 e. The molecule has 0 aliphatic rings. The van der Waals surface area contributed by atoms with Gasteiger partial charge in [0.05, 0.1) is 16.8 Å². The van der Waals surface area contributed by atoms with E-state index in [0.29, 0.717) is 33.4 Å². The lowest BCUT2D eigenvalue weighted by Gasteiger charge is -2.14. The van der Waals surface area contributed by atoms with E-state index in [1.165, 1.54) is 28.8 Å². The second-order valence-corrected chi connectivity index (χ2v) is 9.54. The van der Waals surface area contributed by atoms with Gasteiger partial charge >= 0.3 is 6.18 Å². The maximum absolute atomic E-state index is 13.4. The molecule has 2 heterocycles. The Morgan fingerprint density at radius 3 is 2.41 bits per heavy atom. The normalized spacial score (nSPS) is 11.8. The third kappa shape index (κ3) is 5.94. The number of fused-ring (bicyclic) bond motifs is 1. The van der Waals surface area contributed by atoms with Crippen LogP contribution in [-0.2, 0) is 13.2 Å². The molecule has 0 aliphatic carbocycles. The number of pyridine rings is 2. The van der Waals surface area contributed by atoms with Crippen molar-refractivity contribution in [3.05, 3.63) is 129 Å². The third-order valence-electron chi connectivity index (χ3n) is 6.68. The van der Waals surface area contributed by atoms with Gasteiger partial charge in [-0.1, -0.05) is 30.3 Å². The van der Waals surface area contributed by atoms with Gasteiger partial charge in [0.1, 0.15) is 5.82 Å². The molecule has 9 heteroatoms. The van der Waals surface area contributed by atoms with Gasteiger partial charge in [-0.15, -0.1) is 0 Å². The van der Waals surface area contributed by atoms with Gasteiger partial charge in [0, 0.05) is 35.4 Å². The van der Waals surface area contributed by atoms with Crippen LogP contribution in [0.15, 0.2) is 89.9 Å². The number of aromatic nitrogens is 2. The Hall–Kier alpha value is -5.05. The summed E-state index contributed by atoms with van der Waals surface area (Å²) in [7, 11) is 1.65. The summed E-state index contributed by atoms with van der Waals surface area (Å²) >= 11 is 0. The number of benzene rings is 3. The molecule has 0 bridgehead atoms. The molecule has 0 radical (unpaired) electrons. The largest absolute Gasteiger partial charge is 0.416 e. The highest BCUT2D eigenvalue weighted by Crippen LogP contribution is 2.30. The van der Waals surface area contributed by atoms with Crippen molar-refractivity contribution >= 4 is 34.6 Å². The summed E-state index contributed by atoms with van der Waals surface area (Å²) in [6.45, 7) is 1.82. The summed E-state index contributed by atoms with van der Waals surface area (Å²) in [6.07, 6.45) is 0.642. The Morgan fingerprint density at radius 2 is 1.68 bits per heavy atom. The Labute approximate surface area is 232 Å². The molecular weight excluding hydrogens is 534 g/mol. The smallest absolute Gasteiger partial charge is 0.322 e. The standard InChI is InChI=1S/C32H23F4N3O2/c1-19-6-12-26(38-30(40)21-4-3-5-23(14-21)32(34,35)36)16-27(19)28-15-22-18-37-25(17-29(22)39(2)31(28)41)13-9-20-7-10-24(33)11-8-20/h3-18H,1-2H3,(H,38,40). The van der Waals surface area contributed by atoms with Crippen LogP contribution < -0.4 is 10.9 Å². The molecule has 206 valence electrons. The summed E-state index contributed by atoms with van der Waals surface area (Å²) in [5.41, 5.74) is 2.77. The van der Waals surface area contributed by atoms with E-state index >= 15 is 0 Å². The van der Waals surface area contributed by atoms with Gasteiger partial charge in [-0.2, -0.15) is 13.2 Å². The minimum atomic E-state index is -4.57. The van der Waals surface area contributed by atoms with Gasteiger partial charge in [-0.05, 0) is 84.3 Å². The van der Waals surface area contributed by atoms with Crippen molar-refractivity contribution in [3.8, 4) is 11.1 Å². The molecule has 0 fully saturated rings. The third-order valence-corrected chi connectivity index (χ3v) is 6.68. The Morgan fingerprint density at radius 1 is 0.927 bits per heavy atom. The van der Waals surface area contributed by atoms with Crippen molar-refractivity contribution in [3.63, 3.8) is 0 Å². The predicted molar refractivity (Wildman–Crippen MR) is 152 cm³/mol. The number of alkyl halides is 3. The molecule has 0 saturated heterocycles. The first kappa shape index (κ1) is 27.5. The number of nitrogens with zero attached hydrogens (tertiary/aromatic N) is 2. The Bertz CT molecular complexity index is 1870. The molecule has 1 N–H and O–H groups in total. The zero-order valence-corrected chi connectivity index (χ0v) is 22.0. The number of halogens is 4. The molecule has 5 aromatic rings. The van der Waals surface area contributed by atoms with Gasteiger partial charge in [-0.3, -0.25) is 14.6 Å². The SMILES string of the molecule is Cc1ccc(NC(=O)c2cccc(C(F)(F)F)c2)cc1-c1cc2cnc(C=Cc3ccc(F)cc3)cc2n(C)c1=O. The van der Waals surface area contributed by atoms with Gasteiger partial charge in [0.25, 0.3) is 11.5 Å². The summed E-state index contributed by atoms with van der Waals surface area (Å²) < 4.78 is 53.9. The lowest BCUT2D eigenvalue weighted by atomic mass is 9.99. The minimum Gasteiger partial charge on any atom is -0.322 e. The molecule has 5 nitrogen and oxygen atoms in total. The average molecular weight is 558 g/mol. The fourth-order valence-electron chi connectivity index (χ4n) is 4.45. The van der Waals surface area contributed by atoms with Crippen molar-refractivity contribution in [2.45, 2.75) is 13.1 Å². The quantitative estimate of drug-likeness (QED) is 0.228. The van der Waals surface area contributed by atoms with Crippen molar-refractivity contribution in [1.82, 2.24) is 9.55 Å². The number of rotatable bonds is 5. The fraction of sp³-hybridized carbons (Fsp3) is 0.0938. The highest BCUT2D eigenvalue weighted by atomic mass is 19.4. The fourth-order valence-corrected chi connectivity index (χ4v) is 4.45. The van der Waals surface area contributed by atoms with E-state index in [4.69, 9.17) is 0 Å². The molecule has 3 aromatic carbocycles. The number of anilines is 1. The van der Waals surface area contributed by atoms with E-state index in [-0.39, 0.29) is 16.9 Å². The van der Waals surface area contributed by atoms with Crippen molar-refractivity contribution in [2.24, 2.45) is 7.05 Å². The van der Waals surface area contributed by atoms with Crippen LogP contribution in [0.2, 0.25) is 0 Å². The number of amides is 1. The molecular formula is C32H23F4N3O2. The van der Waals surface area contributed by atoms with Crippen LogP contribution in [0.1, 0.15) is 32.7 Å². The number of carbonyl (C=O) groups excluding carboxylic acids is 1. The van der Waals surface area contributed by atoms with Crippen LogP contribution >= 0.6 is 0 Å². The second kappa shape index (κ2) is 10.8. The van der Waals surface area contributed by atoms with Crippen LogP contribution in [-0.4, -0.2) is 15.5 Å². The lowest BCUT2D eigenvalue weighted by molar-refractivity contribution is -0.137. The van der Waals surface area contributed by atoms with E-state index in [0.717, 1.165) is 23.3 Å². The topological polar surface area (TPSA) is 64.0 Å². The van der Waals surface area contributed by atoms with Gasteiger partial charge in [-0.25, -0.2) is 4.39 Å². The van der Waals surface area contributed by atoms with Crippen LogP contribution in [0, 0.1) is 12.7 Å². The number of hydrogen-bond acceptors (Lipinski definition) is 3.